The van der Waals surface area contributed by atoms with E-state index in [2.05, 4.69) is 26.6 Å². The number of hydrogen-bond donors (Lipinski definition) is 8. The maximum absolute atomic E-state index is 13.4. The van der Waals surface area contributed by atoms with Crippen molar-refractivity contribution in [1.29, 1.82) is 0 Å². The van der Waals surface area contributed by atoms with Crippen LogP contribution in [0.5, 0.6) is 5.75 Å². The number of anilines is 1. The molecule has 3 rings (SSSR count). The zero-order valence-electron chi connectivity index (χ0n) is 24.3. The van der Waals surface area contributed by atoms with Gasteiger partial charge in [-0.2, -0.15) is 4.58 Å². The molecule has 2 bridgehead atoms. The number of primary amides is 1. The number of carbonyl (C=O) groups is 6. The lowest BCUT2D eigenvalue weighted by Gasteiger charge is -2.26. The number of benzene rings is 1. The molecule has 0 aliphatic carbocycles. The van der Waals surface area contributed by atoms with Crippen LogP contribution in [0.4, 0.5) is 5.69 Å². The molecular formula is C27H39N8O7S2+. The first-order valence-electron chi connectivity index (χ1n) is 14.2. The van der Waals surface area contributed by atoms with E-state index in [0.717, 1.165) is 0 Å². The highest BCUT2D eigenvalue weighted by Crippen LogP contribution is 2.22. The molecule has 1 aromatic carbocycles. The first kappa shape index (κ1) is 34.5. The second-order valence-corrected chi connectivity index (χ2v) is 13.0. The standard InChI is InChI=1S/C27H38N8O7S2/c1-2-3-17-24(39)31-18(8-9-21(29)37)25(40)33-19-14-20(28)35(27(19)42)11-13-44-43-12-10-22(38)34-23(26(41)32-17)30-15-4-6-16(36)7-5-15/h4-7,17-19,23,28,30H,2-3,8-14H2,1H3,(H7,29,31,32,33,34,36,37,38,39,40,41)/p+1. The average Bonchev–Trinajstić information content (AvgIpc) is 3.23. The van der Waals surface area contributed by atoms with Crippen molar-refractivity contribution < 1.29 is 38.4 Å². The molecule has 0 spiro atoms. The molecule has 1 aromatic rings. The number of nitrogens with zero attached hydrogens (tertiary/aromatic N) is 1. The van der Waals surface area contributed by atoms with E-state index in [4.69, 9.17) is 11.5 Å². The Morgan fingerprint density at radius 3 is 2.27 bits per heavy atom. The lowest BCUT2D eigenvalue weighted by Crippen LogP contribution is -2.59. The number of phenols is 1. The number of nitrogens with one attached hydrogen (secondary N) is 5. The van der Waals surface area contributed by atoms with Crippen LogP contribution in [0.3, 0.4) is 0 Å². The van der Waals surface area contributed by atoms with E-state index in [-0.39, 0.29) is 37.9 Å². The Bertz CT molecular complexity index is 1280. The van der Waals surface area contributed by atoms with Crippen LogP contribution in [0.15, 0.2) is 24.3 Å². The van der Waals surface area contributed by atoms with Gasteiger partial charge in [-0.05, 0) is 37.1 Å². The number of fused-ring (bicyclic) bond motifs is 2. The Morgan fingerprint density at radius 2 is 1.59 bits per heavy atom. The lowest BCUT2D eigenvalue weighted by atomic mass is 10.1. The van der Waals surface area contributed by atoms with Gasteiger partial charge < -0.3 is 37.4 Å². The number of amidine groups is 1. The summed E-state index contributed by atoms with van der Waals surface area (Å²) < 4.78 is 1.40. The van der Waals surface area contributed by atoms with Crippen LogP contribution in [0.25, 0.3) is 0 Å². The maximum atomic E-state index is 13.4. The van der Waals surface area contributed by atoms with Crippen LogP contribution in [0.2, 0.25) is 0 Å². The molecule has 0 aromatic heterocycles. The quantitative estimate of drug-likeness (QED) is 0.0995. The van der Waals surface area contributed by atoms with Gasteiger partial charge in [-0.3, -0.25) is 29.7 Å². The van der Waals surface area contributed by atoms with Gasteiger partial charge in [0.1, 0.15) is 30.4 Å². The minimum atomic E-state index is -1.27. The number of aromatic hydroxyl groups is 1. The molecule has 4 unspecified atom stereocenters. The summed E-state index contributed by atoms with van der Waals surface area (Å²) in [6.07, 6.45) is -0.788. The van der Waals surface area contributed by atoms with Crippen LogP contribution >= 0.6 is 21.6 Å². The fraction of sp³-hybridized carbons (Fsp3) is 0.519. The summed E-state index contributed by atoms with van der Waals surface area (Å²) in [5, 5.41) is 23.0. The highest BCUT2D eigenvalue weighted by Gasteiger charge is 2.39. The summed E-state index contributed by atoms with van der Waals surface area (Å²) in [4.78, 5) is 77.4. The average molecular weight is 652 g/mol. The number of nitrogens with two attached hydrogens (primary N) is 2. The fourth-order valence-electron chi connectivity index (χ4n) is 4.52. The predicted octanol–water partition coefficient (Wildman–Crippen LogP) is -1.15. The van der Waals surface area contributed by atoms with Gasteiger partial charge in [-0.25, -0.2) is 4.79 Å². The number of carbonyl (C=O) groups excluding carboxylic acids is 6. The lowest BCUT2D eigenvalue weighted by molar-refractivity contribution is -0.440. The van der Waals surface area contributed by atoms with Crippen molar-refractivity contribution >= 4 is 68.6 Å². The summed E-state index contributed by atoms with van der Waals surface area (Å²) in [7, 11) is 2.86. The summed E-state index contributed by atoms with van der Waals surface area (Å²) >= 11 is 0. The molecular weight excluding hydrogens is 612 g/mol. The molecule has 6 amide bonds. The summed E-state index contributed by atoms with van der Waals surface area (Å²) in [5.74, 6) is -2.38. The highest BCUT2D eigenvalue weighted by atomic mass is 33.1. The molecule has 2 aliphatic rings. The first-order valence-corrected chi connectivity index (χ1v) is 16.7. The number of amides is 6. The van der Waals surface area contributed by atoms with Crippen molar-refractivity contribution in [2.45, 2.75) is 69.7 Å². The topological polar surface area (TPSA) is 238 Å². The minimum absolute atomic E-state index is 0.0131. The zero-order valence-corrected chi connectivity index (χ0v) is 25.9. The molecule has 10 N–H and O–H groups in total. The second kappa shape index (κ2) is 16.7. The third-order valence-corrected chi connectivity index (χ3v) is 9.19. The number of hydrogen-bond acceptors (Lipinski definition) is 11. The van der Waals surface area contributed by atoms with E-state index < -0.39 is 59.7 Å². The molecule has 17 heteroatoms. The normalized spacial score (nSPS) is 24.5. The van der Waals surface area contributed by atoms with Gasteiger partial charge in [0.2, 0.25) is 23.6 Å². The molecule has 2 aliphatic heterocycles. The summed E-state index contributed by atoms with van der Waals surface area (Å²) in [5.41, 5.74) is 11.8. The van der Waals surface area contributed by atoms with Crippen molar-refractivity contribution in [1.82, 2.24) is 21.3 Å². The maximum Gasteiger partial charge on any atom is 0.332 e. The molecule has 4 atom stereocenters. The van der Waals surface area contributed by atoms with E-state index >= 15 is 0 Å². The van der Waals surface area contributed by atoms with Crippen molar-refractivity contribution in [3.8, 4) is 5.75 Å². The van der Waals surface area contributed by atoms with E-state index in [1.54, 1.807) is 6.92 Å². The number of rotatable bonds is 7. The van der Waals surface area contributed by atoms with Crippen LogP contribution in [0.1, 0.15) is 45.4 Å². The smallest absolute Gasteiger partial charge is 0.332 e. The zero-order chi connectivity index (χ0) is 32.2. The Hall–Kier alpha value is -3.99. The van der Waals surface area contributed by atoms with Crippen molar-refractivity contribution in [2.75, 3.05) is 23.4 Å². The van der Waals surface area contributed by atoms with Gasteiger partial charge in [-0.15, -0.1) is 0 Å². The molecule has 44 heavy (non-hydrogen) atoms. The summed E-state index contributed by atoms with van der Waals surface area (Å²) in [6, 6.07) is 2.58. The third-order valence-electron chi connectivity index (χ3n) is 6.80. The molecule has 240 valence electrons. The fourth-order valence-corrected chi connectivity index (χ4v) is 6.46. The molecule has 15 nitrogen and oxygen atoms in total. The minimum Gasteiger partial charge on any atom is -0.508 e. The van der Waals surface area contributed by atoms with Crippen molar-refractivity contribution in [3.63, 3.8) is 0 Å². The molecule has 2 heterocycles. The van der Waals surface area contributed by atoms with Gasteiger partial charge in [0, 0.05) is 30.0 Å². The number of phenolic OH excluding ortho intramolecular Hbond substituents is 1. The molecule has 0 saturated carbocycles. The van der Waals surface area contributed by atoms with Crippen molar-refractivity contribution in [2.24, 2.45) is 11.5 Å². The van der Waals surface area contributed by atoms with Gasteiger partial charge in [0.05, 0.1) is 6.42 Å². The highest BCUT2D eigenvalue weighted by molar-refractivity contribution is 8.76. The summed E-state index contributed by atoms with van der Waals surface area (Å²) in [6.45, 7) is 2.09. The van der Waals surface area contributed by atoms with E-state index in [1.807, 2.05) is 0 Å². The monoisotopic (exact) mass is 651 g/mol. The van der Waals surface area contributed by atoms with Crippen molar-refractivity contribution in [3.05, 3.63) is 24.3 Å². The SMILES string of the molecule is CCCC1NC(=O)C(Nc2ccc(O)cc2)NC(=O)CCSSCC[N+]2=C(N)CC(NC(=O)C(CCC(N)=O)NC1=O)C2=O. The molecule has 0 radical (unpaired) electrons. The van der Waals surface area contributed by atoms with Crippen LogP contribution in [-0.4, -0.2) is 93.3 Å². The van der Waals surface area contributed by atoms with Gasteiger partial charge in [-0.1, -0.05) is 34.9 Å². The first-order chi connectivity index (χ1) is 21.0. The molecule has 1 fully saturated rings. The predicted molar refractivity (Wildman–Crippen MR) is 166 cm³/mol. The second-order valence-electron chi connectivity index (χ2n) is 10.2. The van der Waals surface area contributed by atoms with Gasteiger partial charge in [0.25, 0.3) is 11.7 Å². The van der Waals surface area contributed by atoms with E-state index in [1.165, 1.54) is 50.4 Å². The largest absolute Gasteiger partial charge is 0.508 e. The van der Waals surface area contributed by atoms with Crippen LogP contribution in [-0.2, 0) is 28.8 Å². The van der Waals surface area contributed by atoms with Gasteiger partial charge in [0.15, 0.2) is 6.17 Å². The Kier molecular flexibility index (Phi) is 13.1. The Labute approximate surface area is 262 Å². The third kappa shape index (κ3) is 10.3. The Morgan fingerprint density at radius 1 is 0.955 bits per heavy atom. The van der Waals surface area contributed by atoms with E-state index in [0.29, 0.717) is 36.0 Å². The van der Waals surface area contributed by atoms with Crippen LogP contribution < -0.4 is 38.1 Å². The van der Waals surface area contributed by atoms with Gasteiger partial charge >= 0.3 is 5.91 Å². The Balaban J connectivity index is 1.87. The van der Waals surface area contributed by atoms with E-state index in [9.17, 15) is 33.9 Å². The molecule has 1 saturated heterocycles. The van der Waals surface area contributed by atoms with Crippen LogP contribution in [0, 0.1) is 0 Å².